The molecule has 0 aliphatic carbocycles. The van der Waals surface area contributed by atoms with E-state index in [0.29, 0.717) is 24.5 Å². The second-order valence-corrected chi connectivity index (χ2v) is 16.6. The molecule has 0 saturated carbocycles. The Hall–Kier alpha value is -8.92. The fourth-order valence-corrected chi connectivity index (χ4v) is 8.11. The van der Waals surface area contributed by atoms with Crippen LogP contribution < -0.4 is 4.90 Å². The van der Waals surface area contributed by atoms with Crippen molar-refractivity contribution < 1.29 is 19.8 Å². The minimum atomic E-state index is -1.26. The summed E-state index contributed by atoms with van der Waals surface area (Å²) in [7, 11) is 0. The van der Waals surface area contributed by atoms with E-state index in [1.807, 2.05) is 63.8 Å². The molecule has 2 aromatic heterocycles. The minimum absolute atomic E-state index is 0.315. The number of hydrogen-bond acceptors (Lipinski definition) is 5. The van der Waals surface area contributed by atoms with Gasteiger partial charge < -0.3 is 24.2 Å². The monoisotopic (exact) mass is 907 g/mol. The Labute approximate surface area is 404 Å². The van der Waals surface area contributed by atoms with Crippen molar-refractivity contribution in [3.63, 3.8) is 0 Å². The van der Waals surface area contributed by atoms with E-state index in [4.69, 9.17) is 0 Å². The Balaban J connectivity index is 1.23. The highest BCUT2D eigenvalue weighted by Gasteiger charge is 2.15. The molecule has 5 aromatic carbocycles. The molecule has 7 rings (SSSR count). The summed E-state index contributed by atoms with van der Waals surface area (Å²) in [5, 5.41) is 37.6. The molecule has 0 atom stereocenters. The fraction of sp³-hybridized carbons (Fsp3) is 0.133. The van der Waals surface area contributed by atoms with Crippen LogP contribution in [0.2, 0.25) is 0 Å². The quantitative estimate of drug-likeness (QED) is 0.0497. The molecule has 0 fully saturated rings. The summed E-state index contributed by atoms with van der Waals surface area (Å²) in [5.74, 6) is -2.51. The normalized spacial score (nSPS) is 12.1. The molecule has 2 heterocycles. The zero-order chi connectivity index (χ0) is 48.9. The van der Waals surface area contributed by atoms with Gasteiger partial charge in [0.2, 0.25) is 0 Å². The van der Waals surface area contributed by atoms with Gasteiger partial charge >= 0.3 is 11.9 Å². The first kappa shape index (κ1) is 48.0. The summed E-state index contributed by atoms with van der Waals surface area (Å²) in [5.41, 5.74) is 14.3. The van der Waals surface area contributed by atoms with Crippen molar-refractivity contribution in [1.29, 1.82) is 10.5 Å². The van der Waals surface area contributed by atoms with Crippen LogP contribution in [0.1, 0.15) is 88.4 Å². The Morgan fingerprint density at radius 2 is 0.942 bits per heavy atom. The lowest BCUT2D eigenvalue weighted by Crippen LogP contribution is -2.09. The van der Waals surface area contributed by atoms with Crippen LogP contribution in [0.15, 0.2) is 157 Å². The summed E-state index contributed by atoms with van der Waals surface area (Å²) < 4.78 is 4.03. The van der Waals surface area contributed by atoms with Crippen molar-refractivity contribution in [1.82, 2.24) is 9.13 Å². The largest absolute Gasteiger partial charge is 0.477 e. The highest BCUT2D eigenvalue weighted by molar-refractivity contribution is 5.97. The van der Waals surface area contributed by atoms with E-state index in [9.17, 15) is 30.3 Å². The molecule has 0 saturated heterocycles. The highest BCUT2D eigenvalue weighted by atomic mass is 16.4. The van der Waals surface area contributed by atoms with E-state index in [0.717, 1.165) is 74.7 Å². The number of aromatic nitrogens is 2. The van der Waals surface area contributed by atoms with Crippen molar-refractivity contribution in [3.8, 4) is 12.1 Å². The number of rotatable bonds is 18. The first-order valence-electron chi connectivity index (χ1n) is 22.9. The van der Waals surface area contributed by atoms with E-state index in [1.165, 1.54) is 23.3 Å². The summed E-state index contributed by atoms with van der Waals surface area (Å²) in [6.07, 6.45) is 14.8. The number of nitrogens with zero attached hydrogens (tertiary/aromatic N) is 5. The average molecular weight is 908 g/mol. The lowest BCUT2D eigenvalue weighted by atomic mass is 9.93. The van der Waals surface area contributed by atoms with Gasteiger partial charge in [0.15, 0.2) is 0 Å². The van der Waals surface area contributed by atoms with Crippen LogP contribution >= 0.6 is 0 Å². The van der Waals surface area contributed by atoms with Crippen LogP contribution in [-0.4, -0.2) is 31.3 Å². The van der Waals surface area contributed by atoms with Crippen LogP contribution in [0.25, 0.3) is 48.1 Å². The molecule has 2 N–H and O–H groups in total. The van der Waals surface area contributed by atoms with Gasteiger partial charge in [-0.05, 0) is 162 Å². The molecular weight excluding hydrogens is 855 g/mol. The van der Waals surface area contributed by atoms with Gasteiger partial charge in [-0.1, -0.05) is 111 Å². The molecule has 9 heteroatoms. The van der Waals surface area contributed by atoms with E-state index in [1.54, 1.807) is 12.1 Å². The highest BCUT2D eigenvalue weighted by Crippen LogP contribution is 2.36. The maximum atomic E-state index is 11.6. The first-order chi connectivity index (χ1) is 33.5. The molecule has 0 amide bonds. The summed E-state index contributed by atoms with van der Waals surface area (Å²) in [4.78, 5) is 25.4. The Bertz CT molecular complexity index is 3060. The fourth-order valence-electron chi connectivity index (χ4n) is 8.11. The molecule has 9 nitrogen and oxygen atoms in total. The molecule has 69 heavy (non-hydrogen) atoms. The number of carbonyl (C=O) groups is 2. The smallest absolute Gasteiger partial charge is 0.346 e. The lowest BCUT2D eigenvalue weighted by Gasteiger charge is -2.26. The Morgan fingerprint density at radius 1 is 0.507 bits per heavy atom. The van der Waals surface area contributed by atoms with Gasteiger partial charge in [0.05, 0.1) is 0 Å². The standard InChI is InChI=1S/C60H53N5O4/c1-5-34-63-51(30-32-56(63)38-49(40-61)59(66)67)22-13-44-15-24-53(25-16-44)65(54-26-17-45(18-27-54)14-23-52-31-33-57(64(52)35-6-2)39-50(41-62)60(68)69)55-28-19-46(20-29-55)37-58(47-10-8-7-9-11-47)48-21-12-42(3)43(4)36-48/h7-33,36-39H,5-6,34-35H2,1-4H3,(H,66,67)(H,68,69)/b22-13+,23-14+,49-38+,50-39+,58-37+. The predicted octanol–water partition coefficient (Wildman–Crippen LogP) is 14.1. The summed E-state index contributed by atoms with van der Waals surface area (Å²) >= 11 is 0. The zero-order valence-electron chi connectivity index (χ0n) is 39.2. The summed E-state index contributed by atoms with van der Waals surface area (Å²) in [6.45, 7) is 9.71. The Morgan fingerprint density at radius 3 is 1.35 bits per heavy atom. The second kappa shape index (κ2) is 22.5. The maximum Gasteiger partial charge on any atom is 0.346 e. The van der Waals surface area contributed by atoms with Crippen molar-refractivity contribution >= 4 is 77.1 Å². The number of benzene rings is 5. The van der Waals surface area contributed by atoms with Crippen LogP contribution in [0.4, 0.5) is 17.1 Å². The molecule has 0 radical (unpaired) electrons. The third kappa shape index (κ3) is 11.7. The first-order valence-corrected chi connectivity index (χ1v) is 22.9. The number of aryl methyl sites for hydroxylation is 2. The second-order valence-electron chi connectivity index (χ2n) is 16.6. The van der Waals surface area contributed by atoms with E-state index >= 15 is 0 Å². The zero-order valence-corrected chi connectivity index (χ0v) is 39.2. The molecule has 0 aliphatic rings. The van der Waals surface area contributed by atoms with E-state index in [-0.39, 0.29) is 11.1 Å². The molecule has 0 bridgehead atoms. The van der Waals surface area contributed by atoms with E-state index in [2.05, 4.69) is 154 Å². The molecule has 0 spiro atoms. The minimum Gasteiger partial charge on any atom is -0.477 e. The third-order valence-electron chi connectivity index (χ3n) is 11.8. The van der Waals surface area contributed by atoms with Crippen LogP contribution in [0.5, 0.6) is 0 Å². The molecular formula is C60H53N5O4. The molecule has 0 aliphatic heterocycles. The number of aliphatic carboxylic acids is 2. The lowest BCUT2D eigenvalue weighted by molar-refractivity contribution is -0.133. The SMILES string of the molecule is CCCn1c(/C=C/c2ccc(N(c3ccc(/C=C/c4ccc(/C=C(\C#N)C(=O)O)n4CCC)cc3)c3ccc(/C=C(\c4ccccc4)c4ccc(C)c(C)c4)cc3)cc2)ccc1/C=C(\C#N)C(=O)O. The topological polar surface area (TPSA) is 135 Å². The van der Waals surface area contributed by atoms with Gasteiger partial charge in [0.1, 0.15) is 23.3 Å². The van der Waals surface area contributed by atoms with Gasteiger partial charge in [-0.15, -0.1) is 0 Å². The Kier molecular flexibility index (Phi) is 15.7. The van der Waals surface area contributed by atoms with Crippen molar-refractivity contribution in [2.75, 3.05) is 4.90 Å². The summed E-state index contributed by atoms with van der Waals surface area (Å²) in [6, 6.07) is 53.4. The van der Waals surface area contributed by atoms with Gasteiger partial charge in [-0.3, -0.25) is 0 Å². The number of anilines is 3. The average Bonchev–Trinajstić information content (AvgIpc) is 3.94. The molecule has 7 aromatic rings. The maximum absolute atomic E-state index is 11.6. The number of carboxylic acids is 2. The molecule has 0 unspecified atom stereocenters. The van der Waals surface area contributed by atoms with Crippen LogP contribution in [-0.2, 0) is 22.7 Å². The molecule has 342 valence electrons. The van der Waals surface area contributed by atoms with Crippen molar-refractivity contribution in [2.24, 2.45) is 0 Å². The van der Waals surface area contributed by atoms with Crippen molar-refractivity contribution in [2.45, 2.75) is 53.6 Å². The van der Waals surface area contributed by atoms with Gasteiger partial charge in [0.25, 0.3) is 0 Å². The third-order valence-corrected chi connectivity index (χ3v) is 11.8. The van der Waals surface area contributed by atoms with Gasteiger partial charge in [0, 0.05) is 52.9 Å². The number of nitriles is 2. The number of hydrogen-bond donors (Lipinski definition) is 2. The van der Waals surface area contributed by atoms with Gasteiger partial charge in [-0.25, -0.2) is 9.59 Å². The van der Waals surface area contributed by atoms with Crippen molar-refractivity contribution in [3.05, 3.63) is 218 Å². The van der Waals surface area contributed by atoms with Crippen LogP contribution in [0.3, 0.4) is 0 Å². The van der Waals surface area contributed by atoms with E-state index < -0.39 is 11.9 Å². The number of carboxylic acid groups (broad SMARTS) is 2. The van der Waals surface area contributed by atoms with Gasteiger partial charge in [-0.2, -0.15) is 10.5 Å². The van der Waals surface area contributed by atoms with Crippen LogP contribution in [0, 0.1) is 36.5 Å². The predicted molar refractivity (Wildman–Crippen MR) is 280 cm³/mol.